The highest BCUT2D eigenvalue weighted by atomic mass is 16.2. The van der Waals surface area contributed by atoms with Gasteiger partial charge in [0.15, 0.2) is 11.5 Å². The van der Waals surface area contributed by atoms with Crippen LogP contribution in [0.25, 0.3) is 0 Å². The normalized spacial score (nSPS) is 18.2. The fourth-order valence-corrected chi connectivity index (χ4v) is 2.41. The predicted octanol–water partition coefficient (Wildman–Crippen LogP) is 0.577. The Labute approximate surface area is 130 Å². The number of hydrogen-bond acceptors (Lipinski definition) is 5. The van der Waals surface area contributed by atoms with Crippen LogP contribution in [0.3, 0.4) is 0 Å². The lowest BCUT2D eigenvalue weighted by Gasteiger charge is -2.34. The van der Waals surface area contributed by atoms with Gasteiger partial charge in [0.1, 0.15) is 0 Å². The van der Waals surface area contributed by atoms with Crippen molar-refractivity contribution >= 4 is 17.6 Å². The third-order valence-corrected chi connectivity index (χ3v) is 3.73. The molecule has 7 nitrogen and oxygen atoms in total. The summed E-state index contributed by atoms with van der Waals surface area (Å²) in [6.45, 7) is 5.37. The summed E-state index contributed by atoms with van der Waals surface area (Å²) in [6.07, 6.45) is 1.96. The first-order chi connectivity index (χ1) is 10.5. The first kappa shape index (κ1) is 16.2. The second-order valence-electron chi connectivity index (χ2n) is 5.80. The first-order valence-electron chi connectivity index (χ1n) is 7.62. The van der Waals surface area contributed by atoms with Crippen molar-refractivity contribution in [3.63, 3.8) is 0 Å². The molecule has 120 valence electrons. The summed E-state index contributed by atoms with van der Waals surface area (Å²) in [5.74, 6) is 0.547. The highest BCUT2D eigenvalue weighted by Crippen LogP contribution is 2.17. The average molecular weight is 305 g/mol. The van der Waals surface area contributed by atoms with Gasteiger partial charge in [0, 0.05) is 32.1 Å². The minimum Gasteiger partial charge on any atom is -0.354 e. The first-order valence-corrected chi connectivity index (χ1v) is 7.62. The van der Waals surface area contributed by atoms with E-state index in [0.29, 0.717) is 12.2 Å². The number of anilines is 1. The van der Waals surface area contributed by atoms with Crippen molar-refractivity contribution in [3.05, 3.63) is 17.8 Å². The van der Waals surface area contributed by atoms with E-state index in [-0.39, 0.29) is 23.8 Å². The number of hydrogen-bond donors (Lipinski definition) is 2. The van der Waals surface area contributed by atoms with Crippen LogP contribution in [0.2, 0.25) is 0 Å². The Kier molecular flexibility index (Phi) is 5.30. The Bertz CT molecular complexity index is 529. The van der Waals surface area contributed by atoms with Gasteiger partial charge < -0.3 is 15.5 Å². The molecule has 1 unspecified atom stereocenters. The van der Waals surface area contributed by atoms with Gasteiger partial charge in [-0.15, -0.1) is 10.2 Å². The van der Waals surface area contributed by atoms with Gasteiger partial charge in [0.05, 0.1) is 0 Å². The zero-order chi connectivity index (χ0) is 16.1. The molecule has 1 aromatic rings. The van der Waals surface area contributed by atoms with Crippen LogP contribution in [-0.2, 0) is 4.79 Å². The molecule has 0 aliphatic carbocycles. The summed E-state index contributed by atoms with van der Waals surface area (Å²) in [5, 5.41) is 13.7. The number of carbonyl (C=O) groups excluding carboxylic acids is 2. The highest BCUT2D eigenvalue weighted by Gasteiger charge is 2.23. The average Bonchev–Trinajstić information content (AvgIpc) is 2.54. The van der Waals surface area contributed by atoms with Crippen LogP contribution in [0.4, 0.5) is 5.82 Å². The van der Waals surface area contributed by atoms with Gasteiger partial charge in [-0.05, 0) is 25.0 Å². The topological polar surface area (TPSA) is 87.2 Å². The third-order valence-electron chi connectivity index (χ3n) is 3.73. The van der Waals surface area contributed by atoms with Gasteiger partial charge >= 0.3 is 0 Å². The largest absolute Gasteiger partial charge is 0.354 e. The molecule has 0 aromatic carbocycles. The maximum atomic E-state index is 11.8. The second-order valence-corrected chi connectivity index (χ2v) is 5.80. The van der Waals surface area contributed by atoms with Gasteiger partial charge in [-0.25, -0.2) is 0 Å². The van der Waals surface area contributed by atoms with E-state index >= 15 is 0 Å². The number of rotatable bonds is 4. The summed E-state index contributed by atoms with van der Waals surface area (Å²) in [4.78, 5) is 25.4. The van der Waals surface area contributed by atoms with Crippen LogP contribution in [0.15, 0.2) is 12.1 Å². The maximum Gasteiger partial charge on any atom is 0.271 e. The summed E-state index contributed by atoms with van der Waals surface area (Å²) in [7, 11) is 1.56. The van der Waals surface area contributed by atoms with E-state index in [0.717, 1.165) is 25.2 Å². The van der Waals surface area contributed by atoms with Crippen LogP contribution < -0.4 is 15.5 Å². The minimum absolute atomic E-state index is 0.0120. The molecule has 2 amide bonds. The Hall–Kier alpha value is -2.18. The van der Waals surface area contributed by atoms with E-state index in [9.17, 15) is 9.59 Å². The van der Waals surface area contributed by atoms with Gasteiger partial charge in [0.2, 0.25) is 5.91 Å². The van der Waals surface area contributed by atoms with Gasteiger partial charge in [-0.1, -0.05) is 13.8 Å². The summed E-state index contributed by atoms with van der Waals surface area (Å²) >= 11 is 0. The Balaban J connectivity index is 2.00. The van der Waals surface area contributed by atoms with Crippen LogP contribution in [0.5, 0.6) is 0 Å². The zero-order valence-corrected chi connectivity index (χ0v) is 13.3. The monoisotopic (exact) mass is 305 g/mol. The summed E-state index contributed by atoms with van der Waals surface area (Å²) in [6, 6.07) is 3.59. The van der Waals surface area contributed by atoms with Crippen LogP contribution in [-0.4, -0.2) is 48.2 Å². The van der Waals surface area contributed by atoms with Crippen LogP contribution in [0, 0.1) is 5.92 Å². The molecule has 7 heteroatoms. The number of nitrogens with zero attached hydrogens (tertiary/aromatic N) is 3. The lowest BCUT2D eigenvalue weighted by Crippen LogP contribution is -2.49. The number of aromatic nitrogens is 2. The summed E-state index contributed by atoms with van der Waals surface area (Å²) < 4.78 is 0. The molecule has 1 aromatic heterocycles. The lowest BCUT2D eigenvalue weighted by atomic mass is 10.0. The van der Waals surface area contributed by atoms with Crippen molar-refractivity contribution in [3.8, 4) is 0 Å². The van der Waals surface area contributed by atoms with Crippen molar-refractivity contribution in [2.24, 2.45) is 5.92 Å². The Morgan fingerprint density at radius 2 is 2.09 bits per heavy atom. The molecule has 1 aliphatic rings. The molecule has 22 heavy (non-hydrogen) atoms. The smallest absolute Gasteiger partial charge is 0.271 e. The molecule has 0 spiro atoms. The number of amides is 2. The van der Waals surface area contributed by atoms with Gasteiger partial charge in [-0.2, -0.15) is 0 Å². The second kappa shape index (κ2) is 7.20. The van der Waals surface area contributed by atoms with Gasteiger partial charge in [-0.3, -0.25) is 9.59 Å². The molecule has 1 aliphatic heterocycles. The minimum atomic E-state index is -0.250. The molecule has 2 N–H and O–H groups in total. The number of nitrogens with one attached hydrogen (secondary N) is 2. The van der Waals surface area contributed by atoms with Crippen molar-refractivity contribution in [1.29, 1.82) is 0 Å². The quantitative estimate of drug-likeness (QED) is 0.849. The van der Waals surface area contributed by atoms with E-state index < -0.39 is 0 Å². The SMILES string of the molecule is CNC(=O)c1ccc(N2CCCC(NC(=O)C(C)C)C2)nn1. The van der Waals surface area contributed by atoms with Crippen molar-refractivity contribution in [2.75, 3.05) is 25.0 Å². The number of carbonyl (C=O) groups is 2. The predicted molar refractivity (Wildman–Crippen MR) is 83.6 cm³/mol. The molecule has 1 atom stereocenters. The van der Waals surface area contributed by atoms with Crippen molar-refractivity contribution in [1.82, 2.24) is 20.8 Å². The molecule has 2 heterocycles. The standard InChI is InChI=1S/C15H23N5O2/c1-10(2)14(21)17-11-5-4-8-20(9-11)13-7-6-12(18-19-13)15(22)16-3/h6-7,10-11H,4-5,8-9H2,1-3H3,(H,16,22)(H,17,21). The highest BCUT2D eigenvalue weighted by molar-refractivity contribution is 5.91. The van der Waals surface area contributed by atoms with Crippen LogP contribution in [0.1, 0.15) is 37.2 Å². The fraction of sp³-hybridized carbons (Fsp3) is 0.600. The van der Waals surface area contributed by atoms with E-state index in [1.54, 1.807) is 19.2 Å². The molecule has 2 rings (SSSR count). The van der Waals surface area contributed by atoms with Crippen molar-refractivity contribution < 1.29 is 9.59 Å². The third kappa shape index (κ3) is 3.93. The van der Waals surface area contributed by atoms with E-state index in [1.165, 1.54) is 0 Å². The Morgan fingerprint density at radius 1 is 1.32 bits per heavy atom. The van der Waals surface area contributed by atoms with Crippen LogP contribution >= 0.6 is 0 Å². The molecular weight excluding hydrogens is 282 g/mol. The molecule has 0 saturated carbocycles. The number of piperidine rings is 1. The molecule has 0 bridgehead atoms. The molecule has 1 fully saturated rings. The molecular formula is C15H23N5O2. The fourth-order valence-electron chi connectivity index (χ4n) is 2.41. The van der Waals surface area contributed by atoms with E-state index in [4.69, 9.17) is 0 Å². The molecule has 1 saturated heterocycles. The summed E-state index contributed by atoms with van der Waals surface area (Å²) in [5.41, 5.74) is 0.299. The lowest BCUT2D eigenvalue weighted by molar-refractivity contribution is -0.124. The van der Waals surface area contributed by atoms with Crippen molar-refractivity contribution in [2.45, 2.75) is 32.7 Å². The zero-order valence-electron chi connectivity index (χ0n) is 13.3. The van der Waals surface area contributed by atoms with E-state index in [2.05, 4.69) is 25.7 Å². The van der Waals surface area contributed by atoms with Gasteiger partial charge in [0.25, 0.3) is 5.91 Å². The Morgan fingerprint density at radius 3 is 2.68 bits per heavy atom. The molecule has 0 radical (unpaired) electrons. The van der Waals surface area contributed by atoms with E-state index in [1.807, 2.05) is 13.8 Å². The maximum absolute atomic E-state index is 11.8.